The van der Waals surface area contributed by atoms with Crippen LogP contribution in [-0.4, -0.2) is 33.6 Å². The van der Waals surface area contributed by atoms with Gasteiger partial charge in [-0.15, -0.1) is 0 Å². The Balaban J connectivity index is 2.74. The van der Waals surface area contributed by atoms with Crippen molar-refractivity contribution < 1.29 is 18.1 Å². The Labute approximate surface area is 121 Å². The molecule has 0 aliphatic heterocycles. The third-order valence-electron chi connectivity index (χ3n) is 3.67. The number of hydrogen-bond donors (Lipinski definition) is 0. The Hall–Kier alpha value is 0.117. The van der Waals surface area contributed by atoms with Gasteiger partial charge in [0.15, 0.2) is 5.12 Å². The summed E-state index contributed by atoms with van der Waals surface area (Å²) in [7, 11) is 0.665. The summed E-state index contributed by atoms with van der Waals surface area (Å²) in [6.07, 6.45) is 6.01. The third-order valence-corrected chi connectivity index (χ3v) is 7.61. The Bertz CT molecular complexity index is 270. The first-order valence-electron chi connectivity index (χ1n) is 7.02. The van der Waals surface area contributed by atoms with E-state index in [1.54, 1.807) is 21.1 Å². The monoisotopic (exact) mass is 306 g/mol. The summed E-state index contributed by atoms with van der Waals surface area (Å²) in [5.74, 6) is 0.436. The molecule has 4 nitrogen and oxygen atoms in total. The van der Waals surface area contributed by atoms with Crippen molar-refractivity contribution >= 4 is 25.7 Å². The molecule has 19 heavy (non-hydrogen) atoms. The van der Waals surface area contributed by atoms with Gasteiger partial charge in [0.1, 0.15) is 5.44 Å². The van der Waals surface area contributed by atoms with Crippen LogP contribution in [0.5, 0.6) is 0 Å². The number of hydrogen-bond acceptors (Lipinski definition) is 5. The van der Waals surface area contributed by atoms with Crippen molar-refractivity contribution in [1.82, 2.24) is 0 Å². The topological polar surface area (TPSA) is 44.8 Å². The van der Waals surface area contributed by atoms with Crippen LogP contribution < -0.4 is 0 Å². The molecule has 1 aliphatic carbocycles. The van der Waals surface area contributed by atoms with E-state index in [0.29, 0.717) is 5.92 Å². The highest BCUT2D eigenvalue weighted by molar-refractivity contribution is 8.14. The fourth-order valence-electron chi connectivity index (χ4n) is 2.51. The molecule has 0 N–H and O–H groups in total. The SMILES string of the molecule is CC[Si](OC)(OC)OC(SC(C)=O)C1CCCCC1. The van der Waals surface area contributed by atoms with Crippen LogP contribution in [0.15, 0.2) is 0 Å². The summed E-state index contributed by atoms with van der Waals surface area (Å²) in [6.45, 7) is 3.61. The first kappa shape index (κ1) is 17.2. The molecule has 0 aromatic carbocycles. The summed E-state index contributed by atoms with van der Waals surface area (Å²) in [6, 6.07) is 0.724. The molecular weight excluding hydrogens is 280 g/mol. The predicted molar refractivity (Wildman–Crippen MR) is 80.0 cm³/mol. The van der Waals surface area contributed by atoms with Gasteiger partial charge in [-0.2, -0.15) is 0 Å². The molecule has 1 atom stereocenters. The van der Waals surface area contributed by atoms with Gasteiger partial charge in [-0.25, -0.2) is 0 Å². The second-order valence-corrected chi connectivity index (χ2v) is 9.34. The molecule has 0 aromatic rings. The second-order valence-electron chi connectivity index (χ2n) is 4.94. The lowest BCUT2D eigenvalue weighted by atomic mass is 9.90. The van der Waals surface area contributed by atoms with Gasteiger partial charge in [-0.3, -0.25) is 4.79 Å². The first-order chi connectivity index (χ1) is 9.06. The zero-order valence-electron chi connectivity index (χ0n) is 12.4. The van der Waals surface area contributed by atoms with Gasteiger partial charge in [0.25, 0.3) is 0 Å². The average molecular weight is 307 g/mol. The molecule has 1 unspecified atom stereocenters. The quantitative estimate of drug-likeness (QED) is 0.532. The summed E-state index contributed by atoms with van der Waals surface area (Å²) < 4.78 is 17.2. The van der Waals surface area contributed by atoms with E-state index in [1.165, 1.54) is 31.0 Å². The first-order valence-corrected chi connectivity index (χ1v) is 9.83. The van der Waals surface area contributed by atoms with Crippen molar-refractivity contribution in [3.63, 3.8) is 0 Å². The lowest BCUT2D eigenvalue weighted by Crippen LogP contribution is -2.47. The van der Waals surface area contributed by atoms with Gasteiger partial charge in [0, 0.05) is 27.2 Å². The van der Waals surface area contributed by atoms with Gasteiger partial charge in [-0.05, 0) is 18.8 Å². The van der Waals surface area contributed by atoms with Crippen molar-refractivity contribution in [2.24, 2.45) is 5.92 Å². The highest BCUT2D eigenvalue weighted by atomic mass is 32.2. The van der Waals surface area contributed by atoms with Crippen LogP contribution >= 0.6 is 11.8 Å². The smallest absolute Gasteiger partial charge is 0.377 e. The van der Waals surface area contributed by atoms with E-state index in [9.17, 15) is 4.79 Å². The largest absolute Gasteiger partial charge is 0.501 e. The molecule has 1 aliphatic rings. The molecule has 1 fully saturated rings. The Morgan fingerprint density at radius 2 is 1.84 bits per heavy atom. The van der Waals surface area contributed by atoms with Crippen molar-refractivity contribution in [1.29, 1.82) is 0 Å². The molecule has 0 bridgehead atoms. The van der Waals surface area contributed by atoms with Crippen LogP contribution in [0.1, 0.15) is 46.0 Å². The molecule has 1 rings (SSSR count). The molecular formula is C13H26O4SSi. The number of carbonyl (C=O) groups is 1. The fourth-order valence-corrected chi connectivity index (χ4v) is 5.59. The van der Waals surface area contributed by atoms with Crippen molar-refractivity contribution in [3.05, 3.63) is 0 Å². The lowest BCUT2D eigenvalue weighted by Gasteiger charge is -2.35. The standard InChI is InChI=1S/C13H26O4SSi/c1-5-19(15-3,16-4)17-13(18-11(2)14)12-9-7-6-8-10-12/h12-13H,5-10H2,1-4H3. The summed E-state index contributed by atoms with van der Waals surface area (Å²) in [5.41, 5.74) is -0.121. The summed E-state index contributed by atoms with van der Waals surface area (Å²) in [5, 5.41) is 0.0989. The molecule has 0 saturated heterocycles. The zero-order valence-corrected chi connectivity index (χ0v) is 14.3. The lowest BCUT2D eigenvalue weighted by molar-refractivity contribution is -0.109. The van der Waals surface area contributed by atoms with E-state index in [4.69, 9.17) is 13.3 Å². The Morgan fingerprint density at radius 1 is 1.26 bits per heavy atom. The van der Waals surface area contributed by atoms with Crippen molar-refractivity contribution in [2.75, 3.05) is 14.2 Å². The average Bonchev–Trinajstić information content (AvgIpc) is 2.44. The van der Waals surface area contributed by atoms with E-state index < -0.39 is 8.80 Å². The minimum Gasteiger partial charge on any atom is -0.377 e. The van der Waals surface area contributed by atoms with Crippen LogP contribution in [0, 0.1) is 5.92 Å². The summed E-state index contributed by atoms with van der Waals surface area (Å²) >= 11 is 1.29. The Kier molecular flexibility index (Phi) is 7.60. The molecule has 0 heterocycles. The molecule has 1 saturated carbocycles. The van der Waals surface area contributed by atoms with E-state index >= 15 is 0 Å². The van der Waals surface area contributed by atoms with E-state index in [1.807, 2.05) is 6.92 Å². The maximum atomic E-state index is 11.5. The van der Waals surface area contributed by atoms with Gasteiger partial charge in [-0.1, -0.05) is 37.9 Å². The van der Waals surface area contributed by atoms with Crippen LogP contribution in [0.4, 0.5) is 0 Å². The van der Waals surface area contributed by atoms with Gasteiger partial charge in [0.2, 0.25) is 0 Å². The van der Waals surface area contributed by atoms with Gasteiger partial charge in [0.05, 0.1) is 0 Å². The number of carbonyl (C=O) groups excluding carboxylic acids is 1. The summed E-state index contributed by atoms with van der Waals surface area (Å²) in [4.78, 5) is 11.5. The number of rotatable bonds is 7. The Morgan fingerprint density at radius 3 is 2.26 bits per heavy atom. The van der Waals surface area contributed by atoms with Gasteiger partial charge < -0.3 is 13.3 Å². The maximum absolute atomic E-state index is 11.5. The zero-order chi connectivity index (χ0) is 14.3. The van der Waals surface area contributed by atoms with Crippen molar-refractivity contribution in [3.8, 4) is 0 Å². The van der Waals surface area contributed by atoms with E-state index in [0.717, 1.165) is 18.9 Å². The predicted octanol–water partition coefficient (Wildman–Crippen LogP) is 3.44. The van der Waals surface area contributed by atoms with Crippen LogP contribution in [0.2, 0.25) is 6.04 Å². The minimum atomic E-state index is -2.60. The van der Waals surface area contributed by atoms with Crippen molar-refractivity contribution in [2.45, 2.75) is 57.4 Å². The minimum absolute atomic E-state index is 0.0989. The molecule has 6 heteroatoms. The number of thioether (sulfide) groups is 1. The highest BCUT2D eigenvalue weighted by Gasteiger charge is 2.42. The van der Waals surface area contributed by atoms with Crippen LogP contribution in [0.25, 0.3) is 0 Å². The molecule has 0 radical (unpaired) electrons. The van der Waals surface area contributed by atoms with E-state index in [2.05, 4.69) is 0 Å². The molecule has 0 amide bonds. The second kappa shape index (κ2) is 8.41. The van der Waals surface area contributed by atoms with E-state index in [-0.39, 0.29) is 10.6 Å². The highest BCUT2D eigenvalue weighted by Crippen LogP contribution is 2.36. The molecule has 0 spiro atoms. The van der Waals surface area contributed by atoms with Gasteiger partial charge >= 0.3 is 8.80 Å². The normalized spacial score (nSPS) is 19.4. The van der Waals surface area contributed by atoms with Crippen LogP contribution in [-0.2, 0) is 18.1 Å². The molecule has 112 valence electrons. The van der Waals surface area contributed by atoms with Crippen LogP contribution in [0.3, 0.4) is 0 Å². The molecule has 0 aromatic heterocycles. The third kappa shape index (κ3) is 5.19. The fraction of sp³-hybridized carbons (Fsp3) is 0.923. The maximum Gasteiger partial charge on any atom is 0.501 e.